The lowest BCUT2D eigenvalue weighted by Crippen LogP contribution is -2.58. The van der Waals surface area contributed by atoms with E-state index in [4.69, 9.17) is 14.2 Å². The van der Waals surface area contributed by atoms with Crippen LogP contribution in [0.2, 0.25) is 0 Å². The number of ether oxygens (including phenoxy) is 3. The molecule has 5 rings (SSSR count). The number of hydrogen-bond acceptors (Lipinski definition) is 7. The number of aromatic nitrogens is 3. The van der Waals surface area contributed by atoms with Crippen molar-refractivity contribution < 1.29 is 24.4 Å². The van der Waals surface area contributed by atoms with Crippen molar-refractivity contribution in [3.8, 4) is 23.0 Å². The fourth-order valence-electron chi connectivity index (χ4n) is 6.44. The van der Waals surface area contributed by atoms with Gasteiger partial charge in [-0.3, -0.25) is 4.68 Å². The van der Waals surface area contributed by atoms with E-state index in [9.17, 15) is 10.2 Å². The molecule has 3 aromatic rings. The van der Waals surface area contributed by atoms with Crippen molar-refractivity contribution in [2.24, 2.45) is 18.4 Å². The van der Waals surface area contributed by atoms with Crippen molar-refractivity contribution in [1.29, 1.82) is 0 Å². The average Bonchev–Trinajstić information content (AvgIpc) is 3.36. The van der Waals surface area contributed by atoms with Gasteiger partial charge in [0.2, 0.25) is 0 Å². The molecule has 2 aliphatic rings. The number of nitrogens with zero attached hydrogens (tertiary/aromatic N) is 3. The average molecular weight is 574 g/mol. The highest BCUT2D eigenvalue weighted by Gasteiger charge is 2.54. The van der Waals surface area contributed by atoms with Crippen LogP contribution < -0.4 is 14.2 Å². The van der Waals surface area contributed by atoms with Crippen molar-refractivity contribution >= 4 is 12.2 Å². The first-order chi connectivity index (χ1) is 19.9. The van der Waals surface area contributed by atoms with Gasteiger partial charge in [0, 0.05) is 18.5 Å². The van der Waals surface area contributed by atoms with Crippen LogP contribution in [0.25, 0.3) is 12.2 Å². The molecule has 1 aromatic heterocycles. The van der Waals surface area contributed by atoms with Gasteiger partial charge in [-0.1, -0.05) is 42.9 Å². The van der Waals surface area contributed by atoms with Crippen molar-refractivity contribution in [2.45, 2.75) is 78.6 Å². The van der Waals surface area contributed by atoms with E-state index in [2.05, 4.69) is 43.2 Å². The molecule has 224 valence electrons. The minimum absolute atomic E-state index is 0.171. The number of phenolic OH excluding ortho intramolecular Hbond substituents is 1. The molecule has 1 aliphatic carbocycles. The Labute approximate surface area is 248 Å². The van der Waals surface area contributed by atoms with Gasteiger partial charge in [-0.05, 0) is 92.8 Å². The first-order valence-corrected chi connectivity index (χ1v) is 14.6. The van der Waals surface area contributed by atoms with Crippen LogP contribution in [0, 0.1) is 11.3 Å². The molecule has 1 fully saturated rings. The van der Waals surface area contributed by atoms with E-state index in [1.165, 1.54) is 0 Å². The number of benzene rings is 2. The van der Waals surface area contributed by atoms with E-state index in [0.717, 1.165) is 52.8 Å². The molecule has 0 unspecified atom stereocenters. The Bertz CT molecular complexity index is 1520. The topological polar surface area (TPSA) is 98.9 Å². The monoisotopic (exact) mass is 573 g/mol. The Balaban J connectivity index is 1.45. The first-order valence-electron chi connectivity index (χ1n) is 14.6. The van der Waals surface area contributed by atoms with Crippen molar-refractivity contribution in [2.75, 3.05) is 7.11 Å². The Hall–Kier alpha value is -3.78. The van der Waals surface area contributed by atoms with Crippen LogP contribution >= 0.6 is 0 Å². The number of aliphatic hydroxyl groups is 1. The number of allylic oxidation sites excluding steroid dienone is 2. The van der Waals surface area contributed by atoms with Gasteiger partial charge in [-0.25, -0.2) is 0 Å². The molecule has 8 heteroatoms. The smallest absolute Gasteiger partial charge is 0.165 e. The van der Waals surface area contributed by atoms with E-state index in [0.29, 0.717) is 23.6 Å². The summed E-state index contributed by atoms with van der Waals surface area (Å²) in [4.78, 5) is 0. The Morgan fingerprint density at radius 3 is 2.50 bits per heavy atom. The number of aryl methyl sites for hydroxylation is 1. The van der Waals surface area contributed by atoms with Gasteiger partial charge >= 0.3 is 0 Å². The summed E-state index contributed by atoms with van der Waals surface area (Å²) in [5, 5.41) is 29.9. The van der Waals surface area contributed by atoms with Crippen LogP contribution in [-0.2, 0) is 26.5 Å². The van der Waals surface area contributed by atoms with Crippen LogP contribution in [0.3, 0.4) is 0 Å². The summed E-state index contributed by atoms with van der Waals surface area (Å²) < 4.78 is 20.2. The summed E-state index contributed by atoms with van der Waals surface area (Å²) in [6.07, 6.45) is 10.4. The lowest BCUT2D eigenvalue weighted by Gasteiger charge is -2.55. The van der Waals surface area contributed by atoms with Crippen molar-refractivity contribution in [3.05, 3.63) is 70.1 Å². The maximum atomic E-state index is 11.0. The zero-order valence-corrected chi connectivity index (χ0v) is 25.8. The Morgan fingerprint density at radius 1 is 1.12 bits per heavy atom. The second-order valence-electron chi connectivity index (χ2n) is 12.8. The largest absolute Gasteiger partial charge is 0.507 e. The minimum Gasteiger partial charge on any atom is -0.507 e. The molecule has 42 heavy (non-hydrogen) atoms. The number of hydrogen-bond donors (Lipinski definition) is 2. The lowest BCUT2D eigenvalue weighted by atomic mass is 9.57. The van der Waals surface area contributed by atoms with E-state index in [1.807, 2.05) is 51.4 Å². The second kappa shape index (κ2) is 11.5. The summed E-state index contributed by atoms with van der Waals surface area (Å²) in [7, 11) is 3.48. The molecule has 8 nitrogen and oxygen atoms in total. The van der Waals surface area contributed by atoms with Gasteiger partial charge in [0.25, 0.3) is 0 Å². The summed E-state index contributed by atoms with van der Waals surface area (Å²) in [5.74, 6) is 2.44. The van der Waals surface area contributed by atoms with Gasteiger partial charge in [0.15, 0.2) is 11.5 Å². The maximum Gasteiger partial charge on any atom is 0.165 e. The highest BCUT2D eigenvalue weighted by molar-refractivity contribution is 5.74. The van der Waals surface area contributed by atoms with Crippen LogP contribution in [0.1, 0.15) is 75.4 Å². The first kappa shape index (κ1) is 29.7. The molecule has 0 radical (unpaired) electrons. The fraction of sp³-hybridized carbons (Fsp3) is 0.471. The third-order valence-electron chi connectivity index (χ3n) is 8.96. The molecular formula is C34H43N3O5. The number of fused-ring (bicyclic) bond motifs is 2. The van der Waals surface area contributed by atoms with Gasteiger partial charge < -0.3 is 24.4 Å². The molecular weight excluding hydrogens is 530 g/mol. The SMILES string of the molecule is COc1cc(/C=C/c2cc(O)c(CC=C(C)C)c(OCc3cn(C)nn3)c2)cc2c1O[C@]1(C)CC[C@@H](O)C(C)(C)[C@H]1C2. The molecule has 0 amide bonds. The lowest BCUT2D eigenvalue weighted by molar-refractivity contribution is -0.138. The summed E-state index contributed by atoms with van der Waals surface area (Å²) >= 11 is 0. The maximum absolute atomic E-state index is 11.0. The summed E-state index contributed by atoms with van der Waals surface area (Å²) in [6.45, 7) is 10.8. The second-order valence-corrected chi connectivity index (χ2v) is 12.8. The van der Waals surface area contributed by atoms with Crippen LogP contribution in [-0.4, -0.2) is 44.0 Å². The third kappa shape index (κ3) is 5.91. The summed E-state index contributed by atoms with van der Waals surface area (Å²) in [6, 6.07) is 7.82. The van der Waals surface area contributed by atoms with Crippen molar-refractivity contribution in [3.63, 3.8) is 0 Å². The van der Waals surface area contributed by atoms with Crippen LogP contribution in [0.4, 0.5) is 0 Å². The Morgan fingerprint density at radius 2 is 1.83 bits per heavy atom. The highest BCUT2D eigenvalue weighted by atomic mass is 16.5. The van der Waals surface area contributed by atoms with Gasteiger partial charge in [0.05, 0.1) is 19.4 Å². The van der Waals surface area contributed by atoms with E-state index < -0.39 is 0 Å². The normalized spacial score (nSPS) is 22.7. The fourth-order valence-corrected chi connectivity index (χ4v) is 6.44. The minimum atomic E-state index is -0.358. The van der Waals surface area contributed by atoms with Crippen LogP contribution in [0.15, 0.2) is 42.1 Å². The van der Waals surface area contributed by atoms with Gasteiger partial charge in [0.1, 0.15) is 29.4 Å². The van der Waals surface area contributed by atoms with E-state index in [-0.39, 0.29) is 35.4 Å². The third-order valence-corrected chi connectivity index (χ3v) is 8.96. The molecule has 2 N–H and O–H groups in total. The van der Waals surface area contributed by atoms with E-state index in [1.54, 1.807) is 17.9 Å². The molecule has 2 aromatic carbocycles. The number of aromatic hydroxyl groups is 1. The molecule has 0 bridgehead atoms. The predicted molar refractivity (Wildman–Crippen MR) is 164 cm³/mol. The van der Waals surface area contributed by atoms with E-state index >= 15 is 0 Å². The number of rotatable bonds is 8. The predicted octanol–water partition coefficient (Wildman–Crippen LogP) is 6.28. The number of phenols is 1. The molecule has 1 aliphatic heterocycles. The summed E-state index contributed by atoms with van der Waals surface area (Å²) in [5.41, 5.74) is 4.82. The quantitative estimate of drug-likeness (QED) is 0.242. The molecule has 0 saturated heterocycles. The number of aliphatic hydroxyl groups excluding tert-OH is 1. The molecule has 2 heterocycles. The zero-order valence-electron chi connectivity index (χ0n) is 25.8. The standard InChI is InChI=1S/C34H43N3O5/c1-21(2)8-11-26-27(38)15-23(16-28(26)41-20-25-19-37(6)36-35-25)10-9-22-14-24-18-30-33(3,4)31(39)12-13-34(30,5)42-32(24)29(17-22)40-7/h8-10,14-17,19,30-31,38-39H,11-13,18,20H2,1-7H3/b10-9+/t30-,31-,34-/m1/s1. The number of methoxy groups -OCH3 is 1. The molecule has 0 spiro atoms. The highest BCUT2D eigenvalue weighted by Crippen LogP contribution is 2.55. The van der Waals surface area contributed by atoms with Gasteiger partial charge in [-0.15, -0.1) is 5.10 Å². The molecule has 3 atom stereocenters. The van der Waals surface area contributed by atoms with Crippen molar-refractivity contribution in [1.82, 2.24) is 15.0 Å². The Kier molecular flexibility index (Phi) is 8.12. The van der Waals surface area contributed by atoms with Gasteiger partial charge in [-0.2, -0.15) is 0 Å². The zero-order chi connectivity index (χ0) is 30.2. The molecule has 1 saturated carbocycles. The van der Waals surface area contributed by atoms with Crippen LogP contribution in [0.5, 0.6) is 23.0 Å².